The molecule has 0 aliphatic rings. The number of hydrogen-bond donors (Lipinski definition) is 2. The average molecular weight is 319 g/mol. The van der Waals surface area contributed by atoms with Gasteiger partial charge in [-0.1, -0.05) is 18.3 Å². The summed E-state index contributed by atoms with van der Waals surface area (Å²) in [6.07, 6.45) is -4.27. The second kappa shape index (κ2) is 5.86. The molecule has 0 fully saturated rings. The van der Waals surface area contributed by atoms with Crippen LogP contribution in [0, 0.1) is 0 Å². The van der Waals surface area contributed by atoms with Gasteiger partial charge in [-0.2, -0.15) is 0 Å². The van der Waals surface area contributed by atoms with Gasteiger partial charge in [0, 0.05) is 6.07 Å². The van der Waals surface area contributed by atoms with Crippen molar-refractivity contribution < 1.29 is 22.7 Å². The number of halogens is 3. The van der Waals surface area contributed by atoms with E-state index >= 15 is 0 Å². The summed E-state index contributed by atoms with van der Waals surface area (Å²) < 4.78 is 40.7. The highest BCUT2D eigenvalue weighted by Gasteiger charge is 2.31. The van der Waals surface area contributed by atoms with Crippen molar-refractivity contribution in [3.8, 4) is 5.75 Å². The first-order chi connectivity index (χ1) is 9.78. The van der Waals surface area contributed by atoms with E-state index in [-0.39, 0.29) is 16.8 Å². The van der Waals surface area contributed by atoms with Crippen LogP contribution in [0.3, 0.4) is 0 Å². The second-order valence-corrected chi connectivity index (χ2v) is 5.23. The zero-order chi connectivity index (χ0) is 15.6. The molecule has 0 aliphatic heterocycles. The van der Waals surface area contributed by atoms with Gasteiger partial charge in [-0.25, -0.2) is 4.98 Å². The molecular weight excluding hydrogens is 307 g/mol. The van der Waals surface area contributed by atoms with Crippen molar-refractivity contribution in [2.75, 3.05) is 5.32 Å². The molecule has 1 unspecified atom stereocenters. The minimum absolute atomic E-state index is 0.281. The highest BCUT2D eigenvalue weighted by atomic mass is 32.1. The number of anilines is 1. The fraction of sp³-hybridized carbons (Fsp3) is 0.333. The number of amides is 1. The number of fused-ring (bicyclic) bond motifs is 1. The van der Waals surface area contributed by atoms with Crippen molar-refractivity contribution in [1.29, 1.82) is 0 Å². The molecule has 5 nitrogen and oxygen atoms in total. The Bertz CT molecular complexity index is 657. The number of alkyl halides is 3. The predicted octanol–water partition coefficient (Wildman–Crippen LogP) is 2.87. The van der Waals surface area contributed by atoms with Gasteiger partial charge in [0.2, 0.25) is 5.91 Å². The summed E-state index contributed by atoms with van der Waals surface area (Å²) >= 11 is 1.05. The maximum Gasteiger partial charge on any atom is 0.573 e. The molecule has 0 saturated carbocycles. The third-order valence-corrected chi connectivity index (χ3v) is 3.53. The summed E-state index contributed by atoms with van der Waals surface area (Å²) in [5, 5.41) is 2.81. The van der Waals surface area contributed by atoms with E-state index in [1.54, 1.807) is 6.92 Å². The number of aromatic nitrogens is 1. The van der Waals surface area contributed by atoms with Crippen molar-refractivity contribution in [3.63, 3.8) is 0 Å². The number of nitrogens with two attached hydrogens (primary N) is 1. The molecule has 3 N–H and O–H groups in total. The van der Waals surface area contributed by atoms with Gasteiger partial charge in [0.25, 0.3) is 0 Å². The Morgan fingerprint density at radius 2 is 2.24 bits per heavy atom. The predicted molar refractivity (Wildman–Crippen MR) is 73.2 cm³/mol. The molecule has 1 heterocycles. The van der Waals surface area contributed by atoms with Gasteiger partial charge in [-0.15, -0.1) is 13.2 Å². The SMILES string of the molecule is CCC(N)C(=O)Nc1nc2ccc(OC(F)(F)F)cc2s1. The molecule has 0 radical (unpaired) electrons. The Morgan fingerprint density at radius 3 is 2.86 bits per heavy atom. The molecule has 21 heavy (non-hydrogen) atoms. The van der Waals surface area contributed by atoms with Crippen molar-refractivity contribution in [3.05, 3.63) is 18.2 Å². The summed E-state index contributed by atoms with van der Waals surface area (Å²) in [5.74, 6) is -0.717. The number of nitrogens with zero attached hydrogens (tertiary/aromatic N) is 1. The number of rotatable bonds is 4. The number of nitrogens with one attached hydrogen (secondary N) is 1. The van der Waals surface area contributed by atoms with Gasteiger partial charge in [0.05, 0.1) is 16.3 Å². The van der Waals surface area contributed by atoms with Gasteiger partial charge < -0.3 is 15.8 Å². The van der Waals surface area contributed by atoms with E-state index in [0.717, 1.165) is 11.3 Å². The Labute approximate surface area is 121 Å². The third kappa shape index (κ3) is 4.05. The van der Waals surface area contributed by atoms with Gasteiger partial charge in [-0.05, 0) is 18.6 Å². The lowest BCUT2D eigenvalue weighted by Gasteiger charge is -2.07. The minimum atomic E-state index is -4.75. The van der Waals surface area contributed by atoms with Crippen LogP contribution in [0.1, 0.15) is 13.3 Å². The number of carbonyl (C=O) groups excluding carboxylic acids is 1. The molecule has 0 saturated heterocycles. The number of carbonyl (C=O) groups is 1. The van der Waals surface area contributed by atoms with E-state index in [4.69, 9.17) is 5.73 Å². The maximum absolute atomic E-state index is 12.1. The molecule has 0 bridgehead atoms. The van der Waals surface area contributed by atoms with E-state index in [1.807, 2.05) is 0 Å². The maximum atomic E-state index is 12.1. The molecule has 2 aromatic rings. The van der Waals surface area contributed by atoms with Gasteiger partial charge in [0.1, 0.15) is 5.75 Å². The van der Waals surface area contributed by atoms with Crippen LogP contribution < -0.4 is 15.8 Å². The molecule has 9 heteroatoms. The van der Waals surface area contributed by atoms with Crippen LogP contribution in [-0.2, 0) is 4.79 Å². The average Bonchev–Trinajstić information content (AvgIpc) is 2.77. The lowest BCUT2D eigenvalue weighted by atomic mass is 10.2. The Morgan fingerprint density at radius 1 is 1.52 bits per heavy atom. The van der Waals surface area contributed by atoms with Crippen LogP contribution >= 0.6 is 11.3 Å². The molecule has 2 rings (SSSR count). The standard InChI is InChI=1S/C12H12F3N3O2S/c1-2-7(16)10(19)18-11-17-8-4-3-6(5-9(8)21-11)20-12(13,14)15/h3-5,7H,2,16H2,1H3,(H,17,18,19). The summed E-state index contributed by atoms with van der Waals surface area (Å²) in [6.45, 7) is 1.77. The smallest absolute Gasteiger partial charge is 0.406 e. The van der Waals surface area contributed by atoms with E-state index < -0.39 is 12.4 Å². The molecule has 1 atom stereocenters. The van der Waals surface area contributed by atoms with Crippen molar-refractivity contribution in [1.82, 2.24) is 4.98 Å². The van der Waals surface area contributed by atoms with Crippen LogP contribution in [0.5, 0.6) is 5.75 Å². The molecule has 0 aliphatic carbocycles. The molecule has 0 spiro atoms. The normalized spacial score (nSPS) is 13.2. The van der Waals surface area contributed by atoms with Crippen LogP contribution in [0.4, 0.5) is 18.3 Å². The summed E-state index contributed by atoms with van der Waals surface area (Å²) in [4.78, 5) is 15.7. The number of thiazole rings is 1. The third-order valence-electron chi connectivity index (χ3n) is 2.60. The minimum Gasteiger partial charge on any atom is -0.406 e. The van der Waals surface area contributed by atoms with Gasteiger partial charge >= 0.3 is 6.36 Å². The highest BCUT2D eigenvalue weighted by molar-refractivity contribution is 7.22. The largest absolute Gasteiger partial charge is 0.573 e. The van der Waals surface area contributed by atoms with Crippen LogP contribution in [0.2, 0.25) is 0 Å². The Hall–Kier alpha value is -1.87. The first-order valence-corrected chi connectivity index (χ1v) is 6.83. The number of ether oxygens (including phenoxy) is 1. The van der Waals surface area contributed by atoms with Crippen molar-refractivity contribution in [2.45, 2.75) is 25.7 Å². The molecule has 1 amide bonds. The molecule has 114 valence electrons. The van der Waals surface area contributed by atoms with E-state index in [2.05, 4.69) is 15.0 Å². The first kappa shape index (κ1) is 15.5. The highest BCUT2D eigenvalue weighted by Crippen LogP contribution is 2.31. The summed E-state index contributed by atoms with van der Waals surface area (Å²) in [6, 6.07) is 3.12. The summed E-state index contributed by atoms with van der Waals surface area (Å²) in [7, 11) is 0. The zero-order valence-electron chi connectivity index (χ0n) is 10.9. The molecule has 1 aromatic carbocycles. The van der Waals surface area contributed by atoms with Crippen LogP contribution in [-0.4, -0.2) is 23.3 Å². The van der Waals surface area contributed by atoms with Gasteiger partial charge in [0.15, 0.2) is 5.13 Å². The van der Waals surface area contributed by atoms with Crippen molar-refractivity contribution in [2.24, 2.45) is 5.73 Å². The fourth-order valence-electron chi connectivity index (χ4n) is 1.54. The fourth-order valence-corrected chi connectivity index (χ4v) is 2.44. The summed E-state index contributed by atoms with van der Waals surface area (Å²) in [5.41, 5.74) is 6.04. The van der Waals surface area contributed by atoms with Crippen LogP contribution in [0.15, 0.2) is 18.2 Å². The zero-order valence-corrected chi connectivity index (χ0v) is 11.7. The van der Waals surface area contributed by atoms with Gasteiger partial charge in [-0.3, -0.25) is 4.79 Å². The second-order valence-electron chi connectivity index (χ2n) is 4.20. The Balaban J connectivity index is 2.20. The monoisotopic (exact) mass is 319 g/mol. The van der Waals surface area contributed by atoms with Crippen LogP contribution in [0.25, 0.3) is 10.2 Å². The van der Waals surface area contributed by atoms with E-state index in [0.29, 0.717) is 16.6 Å². The van der Waals surface area contributed by atoms with Crippen molar-refractivity contribution >= 4 is 32.6 Å². The number of benzene rings is 1. The first-order valence-electron chi connectivity index (χ1n) is 6.01. The molecule has 1 aromatic heterocycles. The quantitative estimate of drug-likeness (QED) is 0.908. The van der Waals surface area contributed by atoms with E-state index in [9.17, 15) is 18.0 Å². The lowest BCUT2D eigenvalue weighted by Crippen LogP contribution is -2.34. The topological polar surface area (TPSA) is 77.2 Å². The lowest BCUT2D eigenvalue weighted by molar-refractivity contribution is -0.274. The number of hydrogen-bond acceptors (Lipinski definition) is 5. The van der Waals surface area contributed by atoms with E-state index in [1.165, 1.54) is 18.2 Å². The molecular formula is C12H12F3N3O2S. The Kier molecular flexibility index (Phi) is 4.33.